The van der Waals surface area contributed by atoms with E-state index in [2.05, 4.69) is 47.4 Å². The molecule has 1 fully saturated rings. The first-order valence-electron chi connectivity index (χ1n) is 14.5. The number of thiophene rings is 1. The Bertz CT molecular complexity index is 1850. The van der Waals surface area contributed by atoms with Crippen LogP contribution in [0.15, 0.2) is 12.4 Å². The molecule has 10 nitrogen and oxygen atoms in total. The van der Waals surface area contributed by atoms with Crippen LogP contribution in [0.4, 0.5) is 20.1 Å². The van der Waals surface area contributed by atoms with Crippen molar-refractivity contribution in [2.75, 3.05) is 16.8 Å². The molecule has 0 spiro atoms. The zero-order valence-corrected chi connectivity index (χ0v) is 26.9. The van der Waals surface area contributed by atoms with Gasteiger partial charge in [0, 0.05) is 47.2 Å². The lowest BCUT2D eigenvalue weighted by Crippen LogP contribution is -2.43. The van der Waals surface area contributed by atoms with E-state index in [1.165, 1.54) is 0 Å². The number of carbonyl (C=O) groups excluding carboxylic acids is 1. The molecule has 13 heteroatoms. The van der Waals surface area contributed by atoms with E-state index >= 15 is 4.39 Å². The first-order valence-corrected chi connectivity index (χ1v) is 15.7. The number of benzene rings is 1. The van der Waals surface area contributed by atoms with Gasteiger partial charge in [-0.1, -0.05) is 25.4 Å². The van der Waals surface area contributed by atoms with Crippen molar-refractivity contribution in [3.05, 3.63) is 39.9 Å². The second-order valence-corrected chi connectivity index (χ2v) is 13.8. The quantitative estimate of drug-likeness (QED) is 0.240. The van der Waals surface area contributed by atoms with Crippen molar-refractivity contribution in [1.82, 2.24) is 20.3 Å². The van der Waals surface area contributed by atoms with Crippen LogP contribution in [-0.4, -0.2) is 51.3 Å². The van der Waals surface area contributed by atoms with Crippen molar-refractivity contribution < 1.29 is 18.7 Å². The molecule has 2 atom stereocenters. The monoisotopic (exact) mass is 637 g/mol. The van der Waals surface area contributed by atoms with Crippen LogP contribution >= 0.6 is 22.9 Å². The summed E-state index contributed by atoms with van der Waals surface area (Å²) in [7, 11) is 0. The third-order valence-corrected chi connectivity index (χ3v) is 9.36. The predicted molar refractivity (Wildman–Crippen MR) is 170 cm³/mol. The number of fused-ring (bicyclic) bond motifs is 4. The topological polar surface area (TPSA) is 125 Å². The standard InChI is InChI=1S/C31H33ClFN7O3S/c1-14(2)37-21-7-8-40(15(21)3)29-36-10-17-18-12-42-13-19(18)22(24(32)25(17)38-29)26-23-16(9-34)28(39-30(41)43-31(4,5)6)44-27(23)20(33)11-35-26/h10-11,14-15,21,37H,7-8,12-13H2,1-6H3,(H,39,41)/t15-,21-/m0/s1. The summed E-state index contributed by atoms with van der Waals surface area (Å²) in [4.78, 5) is 28.9. The van der Waals surface area contributed by atoms with E-state index in [1.807, 2.05) is 0 Å². The number of halogens is 2. The Kier molecular flexibility index (Phi) is 7.86. The Labute approximate surface area is 263 Å². The van der Waals surface area contributed by atoms with Crippen LogP contribution in [0.3, 0.4) is 0 Å². The highest BCUT2D eigenvalue weighted by molar-refractivity contribution is 7.23. The predicted octanol–water partition coefficient (Wildman–Crippen LogP) is 6.91. The fourth-order valence-corrected chi connectivity index (χ4v) is 7.40. The summed E-state index contributed by atoms with van der Waals surface area (Å²) in [5.74, 6) is -0.0523. The van der Waals surface area contributed by atoms with Gasteiger partial charge in [0.05, 0.1) is 45.9 Å². The SMILES string of the molecule is CC(C)N[C@H]1CCN(c2ncc3c4c(c(-c5ncc(F)c6sc(NC(=O)OC(C)(C)C)c(C#N)c56)c(Cl)c3n2)COC4)[C@H]1C. The van der Waals surface area contributed by atoms with Gasteiger partial charge in [-0.3, -0.25) is 10.3 Å². The van der Waals surface area contributed by atoms with Crippen molar-refractivity contribution in [2.45, 2.75) is 84.9 Å². The van der Waals surface area contributed by atoms with Crippen LogP contribution in [0, 0.1) is 17.1 Å². The number of nitrogens with one attached hydrogen (secondary N) is 2. The molecule has 3 aromatic heterocycles. The van der Waals surface area contributed by atoms with Gasteiger partial charge >= 0.3 is 6.09 Å². The minimum Gasteiger partial charge on any atom is -0.444 e. The molecular formula is C31H33ClFN7O3S. The molecule has 1 amide bonds. The Morgan fingerprint density at radius 2 is 2.02 bits per heavy atom. The molecule has 0 aliphatic carbocycles. The number of amides is 1. The van der Waals surface area contributed by atoms with Crippen molar-refractivity contribution >= 4 is 61.0 Å². The average molecular weight is 638 g/mol. The maximum atomic E-state index is 15.2. The summed E-state index contributed by atoms with van der Waals surface area (Å²) >= 11 is 8.13. The third-order valence-electron chi connectivity index (χ3n) is 7.88. The van der Waals surface area contributed by atoms with Gasteiger partial charge in [-0.15, -0.1) is 11.3 Å². The smallest absolute Gasteiger partial charge is 0.412 e. The van der Waals surface area contributed by atoms with E-state index in [0.29, 0.717) is 46.4 Å². The number of nitriles is 1. The number of anilines is 2. The first-order chi connectivity index (χ1) is 20.9. The second-order valence-electron chi connectivity index (χ2n) is 12.4. The molecule has 6 rings (SSSR count). The molecule has 1 saturated heterocycles. The Hall–Kier alpha value is -3.63. The average Bonchev–Trinajstić information content (AvgIpc) is 3.66. The van der Waals surface area contributed by atoms with E-state index in [-0.39, 0.29) is 33.3 Å². The summed E-state index contributed by atoms with van der Waals surface area (Å²) in [5, 5.41) is 18.0. The van der Waals surface area contributed by atoms with Crippen molar-refractivity contribution in [3.63, 3.8) is 0 Å². The number of hydrogen-bond donors (Lipinski definition) is 2. The lowest BCUT2D eigenvalue weighted by molar-refractivity contribution is 0.0636. The van der Waals surface area contributed by atoms with Crippen LogP contribution in [0.5, 0.6) is 0 Å². The molecule has 0 bridgehead atoms. The van der Waals surface area contributed by atoms with Crippen LogP contribution < -0.4 is 15.5 Å². The number of pyridine rings is 1. The number of aromatic nitrogens is 3. The Morgan fingerprint density at radius 3 is 2.73 bits per heavy atom. The molecule has 230 valence electrons. The zero-order valence-electron chi connectivity index (χ0n) is 25.3. The molecule has 2 N–H and O–H groups in total. The molecule has 5 heterocycles. The van der Waals surface area contributed by atoms with E-state index in [4.69, 9.17) is 31.0 Å². The number of ether oxygens (including phenoxy) is 2. The first kappa shape index (κ1) is 30.4. The van der Waals surface area contributed by atoms with Crippen molar-refractivity contribution in [3.8, 4) is 17.3 Å². The third kappa shape index (κ3) is 5.32. The van der Waals surface area contributed by atoms with E-state index in [0.717, 1.165) is 47.0 Å². The highest BCUT2D eigenvalue weighted by atomic mass is 35.5. The lowest BCUT2D eigenvalue weighted by Gasteiger charge is -2.26. The largest absolute Gasteiger partial charge is 0.444 e. The van der Waals surface area contributed by atoms with Crippen LogP contribution in [0.1, 0.15) is 64.7 Å². The van der Waals surface area contributed by atoms with Gasteiger partial charge in [0.1, 0.15) is 16.7 Å². The summed E-state index contributed by atoms with van der Waals surface area (Å²) in [6.07, 6.45) is 3.11. The number of hydrogen-bond acceptors (Lipinski definition) is 10. The lowest BCUT2D eigenvalue weighted by atomic mass is 9.94. The minimum absolute atomic E-state index is 0.0691. The number of nitrogens with zero attached hydrogens (tertiary/aromatic N) is 5. The minimum atomic E-state index is -0.760. The number of rotatable bonds is 5. The van der Waals surface area contributed by atoms with Gasteiger partial charge in [-0.25, -0.2) is 19.2 Å². The highest BCUT2D eigenvalue weighted by Gasteiger charge is 2.34. The van der Waals surface area contributed by atoms with E-state index < -0.39 is 17.5 Å². The molecule has 4 aromatic rings. The fraction of sp³-hybridized carbons (Fsp3) is 0.452. The van der Waals surface area contributed by atoms with E-state index in [1.54, 1.807) is 27.0 Å². The van der Waals surface area contributed by atoms with Gasteiger partial charge in [-0.2, -0.15) is 5.26 Å². The van der Waals surface area contributed by atoms with E-state index in [9.17, 15) is 10.1 Å². The molecule has 1 aromatic carbocycles. The zero-order chi connectivity index (χ0) is 31.5. The maximum Gasteiger partial charge on any atom is 0.412 e. The van der Waals surface area contributed by atoms with Crippen LogP contribution in [-0.2, 0) is 22.7 Å². The Morgan fingerprint density at radius 1 is 1.27 bits per heavy atom. The molecule has 0 radical (unpaired) electrons. The van der Waals surface area contributed by atoms with Crippen LogP contribution in [0.25, 0.3) is 32.2 Å². The maximum absolute atomic E-state index is 15.2. The number of carbonyl (C=O) groups is 1. The molecule has 2 aliphatic rings. The molecule has 44 heavy (non-hydrogen) atoms. The summed E-state index contributed by atoms with van der Waals surface area (Å²) in [6, 6.07) is 2.97. The normalized spacial score (nSPS) is 18.3. The van der Waals surface area contributed by atoms with Gasteiger partial charge in [-0.05, 0) is 45.2 Å². The summed E-state index contributed by atoms with van der Waals surface area (Å²) < 4.78 is 26.6. The fourth-order valence-electron chi connectivity index (χ4n) is 6.01. The van der Waals surface area contributed by atoms with Crippen molar-refractivity contribution in [1.29, 1.82) is 5.26 Å². The molecule has 2 aliphatic heterocycles. The van der Waals surface area contributed by atoms with Gasteiger partial charge in [0.15, 0.2) is 5.82 Å². The molecular weight excluding hydrogens is 605 g/mol. The Balaban J connectivity index is 1.51. The summed E-state index contributed by atoms with van der Waals surface area (Å²) in [6.45, 7) is 13.0. The second kappa shape index (κ2) is 11.4. The van der Waals surface area contributed by atoms with Crippen LogP contribution in [0.2, 0.25) is 5.02 Å². The summed E-state index contributed by atoms with van der Waals surface area (Å²) in [5.41, 5.74) is 2.34. The van der Waals surface area contributed by atoms with Gasteiger partial charge in [0.25, 0.3) is 0 Å². The van der Waals surface area contributed by atoms with Gasteiger partial charge < -0.3 is 19.7 Å². The highest BCUT2D eigenvalue weighted by Crippen LogP contribution is 2.48. The molecule has 0 unspecified atom stereocenters. The van der Waals surface area contributed by atoms with Gasteiger partial charge in [0.2, 0.25) is 5.95 Å². The molecule has 0 saturated carbocycles. The van der Waals surface area contributed by atoms with Crippen molar-refractivity contribution in [2.24, 2.45) is 0 Å².